The number of hydrogen-bond acceptors (Lipinski definition) is 4. The molecule has 0 spiro atoms. The van der Waals surface area contributed by atoms with Crippen LogP contribution in [0.5, 0.6) is 0 Å². The lowest BCUT2D eigenvalue weighted by molar-refractivity contribution is 0.580. The van der Waals surface area contributed by atoms with Crippen molar-refractivity contribution in [2.45, 2.75) is 31.7 Å². The number of halogens is 1. The Morgan fingerprint density at radius 3 is 2.30 bits per heavy atom. The van der Waals surface area contributed by atoms with Crippen molar-refractivity contribution in [1.82, 2.24) is 15.4 Å². The van der Waals surface area contributed by atoms with Crippen molar-refractivity contribution >= 4 is 51.3 Å². The average molecular weight is 522 g/mol. The summed E-state index contributed by atoms with van der Waals surface area (Å²) < 4.78 is 27.0. The van der Waals surface area contributed by atoms with Crippen molar-refractivity contribution in [2.75, 3.05) is 20.1 Å². The minimum atomic E-state index is -3.49. The minimum Gasteiger partial charge on any atom is -0.355 e. The molecule has 3 N–H and O–H groups in total. The van der Waals surface area contributed by atoms with Crippen LogP contribution in [0, 0.1) is 6.92 Å². The maximum atomic E-state index is 12.2. The Balaban J connectivity index is 0.00000364. The Morgan fingerprint density at radius 1 is 1.04 bits per heavy atom. The van der Waals surface area contributed by atoms with E-state index in [0.717, 1.165) is 12.0 Å². The van der Waals surface area contributed by atoms with E-state index in [1.165, 1.54) is 9.75 Å². The largest absolute Gasteiger partial charge is 0.355 e. The summed E-state index contributed by atoms with van der Waals surface area (Å²) in [6.45, 7) is 5.47. The fourth-order valence-corrected chi connectivity index (χ4v) is 4.20. The molecular weight excluding hydrogens is 495 g/mol. The van der Waals surface area contributed by atoms with Gasteiger partial charge in [0.25, 0.3) is 0 Å². The summed E-state index contributed by atoms with van der Waals surface area (Å²) in [6.07, 6.45) is 1.04. The summed E-state index contributed by atoms with van der Waals surface area (Å²) in [5, 5.41) is 6.34. The number of aryl methyl sites for hydroxylation is 2. The van der Waals surface area contributed by atoms with Crippen LogP contribution in [0.2, 0.25) is 0 Å². The first-order valence-electron chi connectivity index (χ1n) is 8.53. The number of benzene rings is 1. The number of hydrogen-bond donors (Lipinski definition) is 3. The number of aliphatic imine (C=N–C) groups is 1. The van der Waals surface area contributed by atoms with Crippen molar-refractivity contribution in [3.8, 4) is 0 Å². The lowest BCUT2D eigenvalue weighted by Gasteiger charge is -2.12. The van der Waals surface area contributed by atoms with Gasteiger partial charge in [-0.1, -0.05) is 24.6 Å². The van der Waals surface area contributed by atoms with Gasteiger partial charge in [-0.25, -0.2) is 13.1 Å². The predicted octanol–water partition coefficient (Wildman–Crippen LogP) is 2.88. The van der Waals surface area contributed by atoms with E-state index in [0.29, 0.717) is 19.0 Å². The third kappa shape index (κ3) is 7.76. The monoisotopic (exact) mass is 522 g/mol. The molecule has 0 saturated heterocycles. The van der Waals surface area contributed by atoms with Gasteiger partial charge in [-0.3, -0.25) is 4.99 Å². The first-order valence-corrected chi connectivity index (χ1v) is 10.8. The van der Waals surface area contributed by atoms with Crippen molar-refractivity contribution in [1.29, 1.82) is 0 Å². The highest BCUT2D eigenvalue weighted by molar-refractivity contribution is 14.0. The molecule has 6 nitrogen and oxygen atoms in total. The summed E-state index contributed by atoms with van der Waals surface area (Å²) in [5.41, 5.74) is 1.03. The molecule has 0 bridgehead atoms. The first kappa shape index (κ1) is 23.9. The molecule has 27 heavy (non-hydrogen) atoms. The number of thiophene rings is 1. The van der Waals surface area contributed by atoms with Crippen LogP contribution in [0.4, 0.5) is 0 Å². The zero-order valence-electron chi connectivity index (χ0n) is 15.8. The van der Waals surface area contributed by atoms with E-state index in [1.807, 2.05) is 6.92 Å². The van der Waals surface area contributed by atoms with E-state index in [1.54, 1.807) is 42.6 Å². The molecule has 0 atom stereocenters. The number of sulfonamides is 1. The molecular formula is C18H27IN4O2S2. The molecule has 9 heteroatoms. The van der Waals surface area contributed by atoms with Crippen molar-refractivity contribution in [3.05, 3.63) is 51.7 Å². The molecule has 150 valence electrons. The van der Waals surface area contributed by atoms with E-state index in [9.17, 15) is 8.42 Å². The lowest BCUT2D eigenvalue weighted by atomic mass is 10.2. The topological polar surface area (TPSA) is 82.6 Å². The van der Waals surface area contributed by atoms with Crippen molar-refractivity contribution in [3.63, 3.8) is 0 Å². The van der Waals surface area contributed by atoms with Crippen LogP contribution < -0.4 is 15.4 Å². The predicted molar refractivity (Wildman–Crippen MR) is 124 cm³/mol. The summed E-state index contributed by atoms with van der Waals surface area (Å²) in [5.74, 6) is 0.644. The van der Waals surface area contributed by atoms with Crippen LogP contribution in [0.15, 0.2) is 46.3 Å². The normalized spacial score (nSPS) is 11.7. The standard InChI is InChI=1S/C18H26N4O2S2.HI/c1-4-15-7-8-16(25-15)13-21-18(19-3)20-11-12-22-26(23,24)17-9-5-14(2)6-10-17;/h5-10,22H,4,11-13H2,1-3H3,(H2,19,20,21);1H. The van der Waals surface area contributed by atoms with Gasteiger partial charge < -0.3 is 10.6 Å². The Labute approximate surface area is 182 Å². The van der Waals surface area contributed by atoms with Crippen LogP contribution in [0.25, 0.3) is 0 Å². The minimum absolute atomic E-state index is 0. The molecule has 2 rings (SSSR count). The second-order valence-corrected chi connectivity index (χ2v) is 8.80. The van der Waals surface area contributed by atoms with Gasteiger partial charge in [-0.05, 0) is 37.6 Å². The SMILES string of the molecule is CCc1ccc(CNC(=NC)NCCNS(=O)(=O)c2ccc(C)cc2)s1.I. The highest BCUT2D eigenvalue weighted by atomic mass is 127. The molecule has 0 aliphatic carbocycles. The molecule has 1 aromatic heterocycles. The van der Waals surface area contributed by atoms with Crippen LogP contribution in [0.1, 0.15) is 22.2 Å². The number of nitrogens with one attached hydrogen (secondary N) is 3. The third-order valence-electron chi connectivity index (χ3n) is 3.76. The zero-order valence-corrected chi connectivity index (χ0v) is 19.7. The second kappa shape index (κ2) is 11.6. The van der Waals surface area contributed by atoms with E-state index >= 15 is 0 Å². The molecule has 0 unspecified atom stereocenters. The second-order valence-electron chi connectivity index (χ2n) is 5.78. The van der Waals surface area contributed by atoms with Crippen LogP contribution in [0.3, 0.4) is 0 Å². The Bertz CT molecular complexity index is 833. The fraction of sp³-hybridized carbons (Fsp3) is 0.389. The van der Waals surface area contributed by atoms with Crippen molar-refractivity contribution < 1.29 is 8.42 Å². The van der Waals surface area contributed by atoms with Crippen molar-refractivity contribution in [2.24, 2.45) is 4.99 Å². The molecule has 0 fully saturated rings. The van der Waals surface area contributed by atoms with Gasteiger partial charge in [0.2, 0.25) is 10.0 Å². The Hall–Kier alpha value is -1.17. The average Bonchev–Trinajstić information content (AvgIpc) is 3.09. The molecule has 0 amide bonds. The molecule has 1 heterocycles. The van der Waals surface area contributed by atoms with Gasteiger partial charge in [-0.15, -0.1) is 35.3 Å². The summed E-state index contributed by atoms with van der Waals surface area (Å²) >= 11 is 1.78. The van der Waals surface area contributed by atoms with Gasteiger partial charge in [0.05, 0.1) is 11.4 Å². The van der Waals surface area contributed by atoms with Gasteiger partial charge in [0.15, 0.2) is 5.96 Å². The van der Waals surface area contributed by atoms with Crippen LogP contribution >= 0.6 is 35.3 Å². The highest BCUT2D eigenvalue weighted by Gasteiger charge is 2.12. The smallest absolute Gasteiger partial charge is 0.240 e. The zero-order chi connectivity index (χ0) is 19.0. The summed E-state index contributed by atoms with van der Waals surface area (Å²) in [7, 11) is -1.79. The first-order chi connectivity index (χ1) is 12.4. The molecule has 0 saturated carbocycles. The van der Waals surface area contributed by atoms with Gasteiger partial charge in [-0.2, -0.15) is 0 Å². The Kier molecular flexibility index (Phi) is 10.3. The molecule has 2 aromatic rings. The van der Waals surface area contributed by atoms with Gasteiger partial charge >= 0.3 is 0 Å². The van der Waals surface area contributed by atoms with Gasteiger partial charge in [0, 0.05) is 29.9 Å². The van der Waals surface area contributed by atoms with E-state index in [4.69, 9.17) is 0 Å². The van der Waals surface area contributed by atoms with Gasteiger partial charge in [0.1, 0.15) is 0 Å². The Morgan fingerprint density at radius 2 is 1.70 bits per heavy atom. The molecule has 0 aliphatic rings. The van der Waals surface area contributed by atoms with Crippen LogP contribution in [-0.2, 0) is 23.0 Å². The molecule has 0 aliphatic heterocycles. The van der Waals surface area contributed by atoms with E-state index < -0.39 is 10.0 Å². The van der Waals surface area contributed by atoms with E-state index in [2.05, 4.69) is 39.4 Å². The van der Waals surface area contributed by atoms with E-state index in [-0.39, 0.29) is 35.4 Å². The summed E-state index contributed by atoms with van der Waals surface area (Å²) in [4.78, 5) is 7.02. The molecule has 1 aromatic carbocycles. The fourth-order valence-electron chi connectivity index (χ4n) is 2.27. The quantitative estimate of drug-likeness (QED) is 0.216. The molecule has 0 radical (unpaired) electrons. The number of rotatable bonds is 8. The van der Waals surface area contributed by atoms with Crippen LogP contribution in [-0.4, -0.2) is 34.5 Å². The third-order valence-corrected chi connectivity index (χ3v) is 6.47. The number of nitrogens with zero attached hydrogens (tertiary/aromatic N) is 1. The maximum absolute atomic E-state index is 12.2. The highest BCUT2D eigenvalue weighted by Crippen LogP contribution is 2.16. The maximum Gasteiger partial charge on any atom is 0.240 e. The number of guanidine groups is 1. The summed E-state index contributed by atoms with van der Waals surface area (Å²) in [6, 6.07) is 11.0. The lowest BCUT2D eigenvalue weighted by Crippen LogP contribution is -2.41.